The van der Waals surface area contributed by atoms with E-state index in [-0.39, 0.29) is 18.2 Å². The Labute approximate surface area is 125 Å². The molecule has 1 rings (SSSR count). The third-order valence-corrected chi connectivity index (χ3v) is 4.95. The molecule has 1 aromatic rings. The van der Waals surface area contributed by atoms with Crippen LogP contribution in [0.1, 0.15) is 18.1 Å². The summed E-state index contributed by atoms with van der Waals surface area (Å²) in [5.74, 6) is -0.913. The third-order valence-electron chi connectivity index (χ3n) is 3.18. The van der Waals surface area contributed by atoms with Gasteiger partial charge in [0.2, 0.25) is 15.9 Å². The van der Waals surface area contributed by atoms with E-state index in [1.54, 1.807) is 31.2 Å². The molecule has 1 unspecified atom stereocenters. The van der Waals surface area contributed by atoms with Crippen molar-refractivity contribution in [1.29, 1.82) is 5.26 Å². The molecule has 0 fully saturated rings. The maximum atomic E-state index is 12.3. The Kier molecular flexibility index (Phi) is 5.88. The molecule has 0 bridgehead atoms. The van der Waals surface area contributed by atoms with Crippen molar-refractivity contribution in [1.82, 2.24) is 9.62 Å². The standard InChI is InChI=1S/C14H19N3O3S/c1-11(14(18)16-2)9-17(3)21(19,20)10-13-7-5-4-6-12(13)8-15/h4-7,11H,9-10H2,1-3H3,(H,16,18). The van der Waals surface area contributed by atoms with Gasteiger partial charge in [0.25, 0.3) is 0 Å². The van der Waals surface area contributed by atoms with Gasteiger partial charge in [0.15, 0.2) is 0 Å². The summed E-state index contributed by atoms with van der Waals surface area (Å²) >= 11 is 0. The number of benzene rings is 1. The maximum absolute atomic E-state index is 12.3. The highest BCUT2D eigenvalue weighted by atomic mass is 32.2. The van der Waals surface area contributed by atoms with Crippen LogP contribution >= 0.6 is 0 Å². The Morgan fingerprint density at radius 2 is 2.05 bits per heavy atom. The lowest BCUT2D eigenvalue weighted by Crippen LogP contribution is -2.37. The van der Waals surface area contributed by atoms with Gasteiger partial charge >= 0.3 is 0 Å². The van der Waals surface area contributed by atoms with Crippen molar-refractivity contribution in [2.24, 2.45) is 5.92 Å². The largest absolute Gasteiger partial charge is 0.359 e. The molecule has 21 heavy (non-hydrogen) atoms. The van der Waals surface area contributed by atoms with E-state index in [0.29, 0.717) is 11.1 Å². The van der Waals surface area contributed by atoms with Crippen LogP contribution in [0, 0.1) is 17.2 Å². The third kappa shape index (κ3) is 4.55. The number of amides is 1. The van der Waals surface area contributed by atoms with Crippen molar-refractivity contribution in [2.45, 2.75) is 12.7 Å². The smallest absolute Gasteiger partial charge is 0.223 e. The van der Waals surface area contributed by atoms with E-state index in [0.717, 1.165) is 4.31 Å². The van der Waals surface area contributed by atoms with Gasteiger partial charge in [-0.15, -0.1) is 0 Å². The van der Waals surface area contributed by atoms with Crippen molar-refractivity contribution in [3.63, 3.8) is 0 Å². The van der Waals surface area contributed by atoms with E-state index in [9.17, 15) is 13.2 Å². The normalized spacial score (nSPS) is 12.7. The van der Waals surface area contributed by atoms with E-state index in [2.05, 4.69) is 5.32 Å². The maximum Gasteiger partial charge on any atom is 0.223 e. The Morgan fingerprint density at radius 1 is 1.43 bits per heavy atom. The average molecular weight is 309 g/mol. The lowest BCUT2D eigenvalue weighted by molar-refractivity contribution is -0.124. The molecule has 0 aliphatic rings. The second-order valence-electron chi connectivity index (χ2n) is 4.82. The zero-order valence-electron chi connectivity index (χ0n) is 12.3. The molecule has 1 N–H and O–H groups in total. The van der Waals surface area contributed by atoms with Crippen LogP contribution in [0.5, 0.6) is 0 Å². The molecule has 6 nitrogen and oxygen atoms in total. The first-order valence-corrected chi connectivity index (χ1v) is 8.06. The van der Waals surface area contributed by atoms with E-state index in [1.165, 1.54) is 14.1 Å². The van der Waals surface area contributed by atoms with Crippen molar-refractivity contribution < 1.29 is 13.2 Å². The summed E-state index contributed by atoms with van der Waals surface area (Å²) in [4.78, 5) is 11.5. The minimum Gasteiger partial charge on any atom is -0.359 e. The van der Waals surface area contributed by atoms with E-state index < -0.39 is 15.9 Å². The van der Waals surface area contributed by atoms with E-state index in [4.69, 9.17) is 5.26 Å². The molecule has 0 saturated heterocycles. The first-order valence-electron chi connectivity index (χ1n) is 6.45. The highest BCUT2D eigenvalue weighted by Gasteiger charge is 2.24. The summed E-state index contributed by atoms with van der Waals surface area (Å²) in [5, 5.41) is 11.5. The Balaban J connectivity index is 2.86. The Bertz CT molecular complexity index is 650. The summed E-state index contributed by atoms with van der Waals surface area (Å²) in [7, 11) is -0.636. The average Bonchev–Trinajstić information content (AvgIpc) is 2.46. The fourth-order valence-corrected chi connectivity index (χ4v) is 3.21. The highest BCUT2D eigenvalue weighted by Crippen LogP contribution is 2.15. The molecule has 0 radical (unpaired) electrons. The van der Waals surface area contributed by atoms with Crippen LogP contribution in [0.15, 0.2) is 24.3 Å². The lowest BCUT2D eigenvalue weighted by atomic mass is 10.1. The SMILES string of the molecule is CNC(=O)C(C)CN(C)S(=O)(=O)Cc1ccccc1C#N. The van der Waals surface area contributed by atoms with Gasteiger partial charge in [0.1, 0.15) is 0 Å². The Morgan fingerprint density at radius 3 is 2.62 bits per heavy atom. The number of nitrogens with one attached hydrogen (secondary N) is 1. The number of carbonyl (C=O) groups is 1. The van der Waals surface area contributed by atoms with Crippen LogP contribution in [0.2, 0.25) is 0 Å². The van der Waals surface area contributed by atoms with Gasteiger partial charge in [-0.3, -0.25) is 4.79 Å². The molecule has 0 spiro atoms. The fourth-order valence-electron chi connectivity index (χ4n) is 1.89. The number of nitriles is 1. The van der Waals surface area contributed by atoms with Gasteiger partial charge in [-0.05, 0) is 11.6 Å². The van der Waals surface area contributed by atoms with Crippen LogP contribution in [0.3, 0.4) is 0 Å². The molecule has 1 atom stereocenters. The van der Waals surface area contributed by atoms with Crippen LogP contribution in [-0.4, -0.2) is 39.3 Å². The number of nitrogens with zero attached hydrogens (tertiary/aromatic N) is 2. The topological polar surface area (TPSA) is 90.3 Å². The van der Waals surface area contributed by atoms with E-state index in [1.807, 2.05) is 6.07 Å². The monoisotopic (exact) mass is 309 g/mol. The number of hydrogen-bond donors (Lipinski definition) is 1. The highest BCUT2D eigenvalue weighted by molar-refractivity contribution is 7.88. The van der Waals surface area contributed by atoms with Crippen molar-refractivity contribution in [2.75, 3.05) is 20.6 Å². The molecule has 0 aliphatic carbocycles. The Hall–Kier alpha value is -1.91. The first kappa shape index (κ1) is 17.1. The van der Waals surface area contributed by atoms with Gasteiger partial charge in [0.05, 0.1) is 17.4 Å². The number of rotatable bonds is 6. The minimum absolute atomic E-state index is 0.0940. The van der Waals surface area contributed by atoms with Crippen LogP contribution in [-0.2, 0) is 20.6 Å². The predicted molar refractivity (Wildman–Crippen MR) is 79.6 cm³/mol. The quantitative estimate of drug-likeness (QED) is 0.837. The van der Waals surface area contributed by atoms with Gasteiger partial charge in [-0.25, -0.2) is 12.7 Å². The molecule has 1 aromatic carbocycles. The van der Waals surface area contributed by atoms with Crippen LogP contribution < -0.4 is 5.32 Å². The summed E-state index contributed by atoms with van der Waals surface area (Å²) in [6.45, 7) is 1.75. The lowest BCUT2D eigenvalue weighted by Gasteiger charge is -2.20. The van der Waals surface area contributed by atoms with Crippen molar-refractivity contribution >= 4 is 15.9 Å². The van der Waals surface area contributed by atoms with Gasteiger partial charge in [0, 0.05) is 26.6 Å². The van der Waals surface area contributed by atoms with E-state index >= 15 is 0 Å². The number of hydrogen-bond acceptors (Lipinski definition) is 4. The molecule has 0 aliphatic heterocycles. The zero-order valence-corrected chi connectivity index (χ0v) is 13.1. The predicted octanol–water partition coefficient (Wildman–Crippen LogP) is 0.702. The second kappa shape index (κ2) is 7.20. The van der Waals surface area contributed by atoms with Crippen molar-refractivity contribution in [3.8, 4) is 6.07 Å². The molecule has 0 saturated carbocycles. The molecular formula is C14H19N3O3S. The summed E-state index contributed by atoms with van der Waals surface area (Å²) < 4.78 is 25.8. The summed E-state index contributed by atoms with van der Waals surface area (Å²) in [5.41, 5.74) is 0.799. The molecule has 1 amide bonds. The molecule has 7 heteroatoms. The zero-order chi connectivity index (χ0) is 16.0. The van der Waals surface area contributed by atoms with Crippen LogP contribution in [0.4, 0.5) is 0 Å². The molecule has 0 heterocycles. The molecule has 0 aromatic heterocycles. The van der Waals surface area contributed by atoms with Crippen LogP contribution in [0.25, 0.3) is 0 Å². The van der Waals surface area contributed by atoms with Gasteiger partial charge in [-0.2, -0.15) is 5.26 Å². The minimum atomic E-state index is -3.58. The summed E-state index contributed by atoms with van der Waals surface area (Å²) in [6.07, 6.45) is 0. The van der Waals surface area contributed by atoms with Gasteiger partial charge < -0.3 is 5.32 Å². The fraction of sp³-hybridized carbons (Fsp3) is 0.429. The summed E-state index contributed by atoms with van der Waals surface area (Å²) in [6, 6.07) is 8.56. The molecular weight excluding hydrogens is 290 g/mol. The number of sulfonamides is 1. The second-order valence-corrected chi connectivity index (χ2v) is 6.90. The molecule has 114 valence electrons. The first-order chi connectivity index (χ1) is 9.81. The van der Waals surface area contributed by atoms with Gasteiger partial charge in [-0.1, -0.05) is 25.1 Å². The van der Waals surface area contributed by atoms with Crippen molar-refractivity contribution in [3.05, 3.63) is 35.4 Å². The number of carbonyl (C=O) groups excluding carboxylic acids is 1.